The average molecular weight is 603 g/mol. The summed E-state index contributed by atoms with van der Waals surface area (Å²) in [5.74, 6) is 0.0668. The molecule has 2 aromatic rings. The number of allylic oxidation sites excluding steroid dienone is 1. The van der Waals surface area contributed by atoms with E-state index >= 15 is 0 Å². The van der Waals surface area contributed by atoms with Crippen LogP contribution in [0.15, 0.2) is 41.6 Å². The van der Waals surface area contributed by atoms with Gasteiger partial charge < -0.3 is 19.3 Å². The van der Waals surface area contributed by atoms with Gasteiger partial charge in [0.15, 0.2) is 4.90 Å². The molecule has 1 aromatic heterocycles. The number of halogens is 3. The molecule has 2 heterocycles. The number of alkyl halides is 3. The van der Waals surface area contributed by atoms with Crippen LogP contribution in [0.5, 0.6) is 11.6 Å². The number of sulfonamides is 1. The van der Waals surface area contributed by atoms with Gasteiger partial charge in [-0.15, -0.1) is 5.10 Å². The van der Waals surface area contributed by atoms with Crippen LogP contribution in [0, 0.1) is 5.41 Å². The standard InChI is InChI=1S/C26H33F3N4O7S/c1-6-32-15-21(22(31-32)38-7-2)41(36,37)33-14-18(13-25(10-11-25)16(3)34)39-20-9-8-17(12-19(20)33)30-23(35)40-24(4,5)26(27,28)29/h8-9,12,15,18,34H,3,6-7,10-11,13-14H2,1-2,4-5H3,(H,30,35)/t18-/m0/s1. The molecule has 0 spiro atoms. The van der Waals surface area contributed by atoms with Crippen molar-refractivity contribution in [1.82, 2.24) is 9.78 Å². The Bertz CT molecular complexity index is 1430. The molecular formula is C26H33F3N4O7S. The largest absolute Gasteiger partial charge is 0.512 e. The fourth-order valence-corrected chi connectivity index (χ4v) is 6.01. The van der Waals surface area contributed by atoms with Crippen molar-refractivity contribution in [2.75, 3.05) is 22.8 Å². The molecular weight excluding hydrogens is 569 g/mol. The summed E-state index contributed by atoms with van der Waals surface area (Å²) in [4.78, 5) is 12.1. The Kier molecular flexibility index (Phi) is 7.88. The van der Waals surface area contributed by atoms with Gasteiger partial charge in [-0.2, -0.15) is 13.2 Å². The fraction of sp³-hybridized carbons (Fsp3) is 0.538. The first-order valence-corrected chi connectivity index (χ1v) is 14.5. The van der Waals surface area contributed by atoms with E-state index in [1.54, 1.807) is 13.8 Å². The van der Waals surface area contributed by atoms with Gasteiger partial charge in [0.1, 0.15) is 11.9 Å². The number of nitrogens with one attached hydrogen (secondary N) is 1. The van der Waals surface area contributed by atoms with E-state index in [2.05, 4.69) is 21.7 Å². The van der Waals surface area contributed by atoms with E-state index in [1.807, 2.05) is 0 Å². The van der Waals surface area contributed by atoms with Crippen LogP contribution in [0.1, 0.15) is 47.0 Å². The summed E-state index contributed by atoms with van der Waals surface area (Å²) in [5.41, 5.74) is -3.32. The maximum atomic E-state index is 14.1. The van der Waals surface area contributed by atoms with Crippen molar-refractivity contribution in [1.29, 1.82) is 0 Å². The fourth-order valence-electron chi connectivity index (χ4n) is 4.43. The van der Waals surface area contributed by atoms with Crippen molar-refractivity contribution in [2.45, 2.75) is 76.3 Å². The van der Waals surface area contributed by atoms with Gasteiger partial charge in [-0.05, 0) is 65.2 Å². The van der Waals surface area contributed by atoms with E-state index in [0.717, 1.165) is 4.31 Å². The van der Waals surface area contributed by atoms with Crippen LogP contribution in [0.4, 0.5) is 29.3 Å². The highest BCUT2D eigenvalue weighted by atomic mass is 32.2. The van der Waals surface area contributed by atoms with Crippen LogP contribution in [-0.2, 0) is 21.3 Å². The Morgan fingerprint density at radius 2 is 1.98 bits per heavy atom. The van der Waals surface area contributed by atoms with Crippen LogP contribution in [-0.4, -0.2) is 60.4 Å². The molecule has 0 radical (unpaired) electrons. The van der Waals surface area contributed by atoms with Crippen LogP contribution < -0.4 is 19.1 Å². The number of aliphatic hydroxyl groups is 1. The van der Waals surface area contributed by atoms with Crippen molar-refractivity contribution in [3.8, 4) is 11.6 Å². The number of aryl methyl sites for hydroxylation is 1. The molecule has 0 bridgehead atoms. The SMILES string of the molecule is C=C(O)C1(C[C@H]2CN(S(=O)(=O)c3cn(CC)nc3OCC)c3cc(NC(=O)OC(C)(C)C(F)(F)F)ccc3O2)CC1. The predicted molar refractivity (Wildman–Crippen MR) is 143 cm³/mol. The van der Waals surface area contributed by atoms with Gasteiger partial charge in [0, 0.05) is 23.8 Å². The van der Waals surface area contributed by atoms with Gasteiger partial charge in [-0.25, -0.2) is 13.2 Å². The zero-order valence-corrected chi connectivity index (χ0v) is 23.9. The van der Waals surface area contributed by atoms with E-state index in [1.165, 1.54) is 29.1 Å². The quantitative estimate of drug-likeness (QED) is 0.346. The first kappa shape index (κ1) is 30.3. The first-order valence-electron chi connectivity index (χ1n) is 13.0. The molecule has 226 valence electrons. The molecule has 11 nitrogen and oxygen atoms in total. The lowest BCUT2D eigenvalue weighted by molar-refractivity contribution is -0.242. The molecule has 1 aliphatic heterocycles. The minimum atomic E-state index is -4.81. The highest BCUT2D eigenvalue weighted by molar-refractivity contribution is 7.93. The van der Waals surface area contributed by atoms with Gasteiger partial charge in [0.05, 0.1) is 24.6 Å². The zero-order chi connectivity index (χ0) is 30.4. The molecule has 2 N–H and O–H groups in total. The number of carbonyl (C=O) groups excluding carboxylic acids is 1. The van der Waals surface area contributed by atoms with Crippen LogP contribution in [0.2, 0.25) is 0 Å². The predicted octanol–water partition coefficient (Wildman–Crippen LogP) is 5.39. The topological polar surface area (TPSA) is 132 Å². The molecule has 1 fully saturated rings. The van der Waals surface area contributed by atoms with E-state index in [4.69, 9.17) is 9.47 Å². The van der Waals surface area contributed by atoms with Crippen LogP contribution >= 0.6 is 0 Å². The Labute approximate surface area is 235 Å². The highest BCUT2D eigenvalue weighted by Gasteiger charge is 2.51. The summed E-state index contributed by atoms with van der Waals surface area (Å²) in [5, 5.41) is 16.5. The van der Waals surface area contributed by atoms with Crippen molar-refractivity contribution >= 4 is 27.5 Å². The molecule has 4 rings (SSSR count). The molecule has 1 aliphatic carbocycles. The number of aromatic nitrogens is 2. The second-order valence-electron chi connectivity index (χ2n) is 10.5. The Balaban J connectivity index is 1.71. The molecule has 1 aromatic carbocycles. The van der Waals surface area contributed by atoms with Gasteiger partial charge >= 0.3 is 12.3 Å². The van der Waals surface area contributed by atoms with Crippen molar-refractivity contribution in [3.05, 3.63) is 36.7 Å². The second-order valence-corrected chi connectivity index (χ2v) is 12.3. The normalized spacial score (nSPS) is 18.2. The Morgan fingerprint density at radius 3 is 2.54 bits per heavy atom. The highest BCUT2D eigenvalue weighted by Crippen LogP contribution is 2.55. The summed E-state index contributed by atoms with van der Waals surface area (Å²) in [7, 11) is -4.33. The number of nitrogens with zero attached hydrogens (tertiary/aromatic N) is 3. The molecule has 15 heteroatoms. The Morgan fingerprint density at radius 1 is 1.29 bits per heavy atom. The third kappa shape index (κ3) is 6.04. The number of amides is 1. The molecule has 1 amide bonds. The summed E-state index contributed by atoms with van der Waals surface area (Å²) in [6.07, 6.45) is -3.85. The number of anilines is 2. The molecule has 0 unspecified atom stereocenters. The van der Waals surface area contributed by atoms with E-state index in [9.17, 15) is 31.5 Å². The molecule has 41 heavy (non-hydrogen) atoms. The lowest BCUT2D eigenvalue weighted by atomic mass is 9.96. The first-order chi connectivity index (χ1) is 19.0. The van der Waals surface area contributed by atoms with E-state index in [0.29, 0.717) is 39.7 Å². The maximum Gasteiger partial charge on any atom is 0.427 e. The monoisotopic (exact) mass is 602 g/mol. The Hall–Kier alpha value is -3.62. The van der Waals surface area contributed by atoms with Crippen LogP contribution in [0.25, 0.3) is 0 Å². The minimum Gasteiger partial charge on any atom is -0.512 e. The van der Waals surface area contributed by atoms with E-state index in [-0.39, 0.29) is 46.8 Å². The molecule has 1 atom stereocenters. The number of carbonyl (C=O) groups is 1. The van der Waals surface area contributed by atoms with E-state index < -0.39 is 39.4 Å². The third-order valence-corrected chi connectivity index (χ3v) is 8.88. The average Bonchev–Trinajstić information content (AvgIpc) is 3.53. The van der Waals surface area contributed by atoms with Crippen LogP contribution in [0.3, 0.4) is 0 Å². The number of ether oxygens (including phenoxy) is 3. The third-order valence-electron chi connectivity index (χ3n) is 7.12. The number of hydrogen-bond donors (Lipinski definition) is 2. The number of hydrogen-bond acceptors (Lipinski definition) is 8. The van der Waals surface area contributed by atoms with Gasteiger partial charge in [0.25, 0.3) is 15.9 Å². The summed E-state index contributed by atoms with van der Waals surface area (Å²) in [6.45, 7) is 8.93. The molecule has 0 saturated heterocycles. The van der Waals surface area contributed by atoms with Crippen molar-refractivity contribution in [3.63, 3.8) is 0 Å². The number of fused-ring (bicyclic) bond motifs is 1. The molecule has 1 saturated carbocycles. The lowest BCUT2D eigenvalue weighted by Crippen LogP contribution is -2.45. The maximum absolute atomic E-state index is 14.1. The van der Waals surface area contributed by atoms with Gasteiger partial charge in [-0.3, -0.25) is 14.3 Å². The van der Waals surface area contributed by atoms with Gasteiger partial charge in [0.2, 0.25) is 5.60 Å². The number of rotatable bonds is 10. The zero-order valence-electron chi connectivity index (χ0n) is 23.1. The summed E-state index contributed by atoms with van der Waals surface area (Å²) < 4.78 is 86.5. The number of benzene rings is 1. The number of aliphatic hydroxyl groups excluding tert-OH is 1. The van der Waals surface area contributed by atoms with Crippen molar-refractivity contribution < 1.29 is 45.7 Å². The summed E-state index contributed by atoms with van der Waals surface area (Å²) >= 11 is 0. The lowest BCUT2D eigenvalue weighted by Gasteiger charge is -2.37. The van der Waals surface area contributed by atoms with Gasteiger partial charge in [-0.1, -0.05) is 6.58 Å². The second kappa shape index (κ2) is 10.7. The summed E-state index contributed by atoms with van der Waals surface area (Å²) in [6, 6.07) is 4.03. The minimum absolute atomic E-state index is 0.00370. The molecule has 2 aliphatic rings. The smallest absolute Gasteiger partial charge is 0.427 e. The van der Waals surface area contributed by atoms with Crippen molar-refractivity contribution in [2.24, 2.45) is 5.41 Å².